The molecule has 1 heterocycles. The Labute approximate surface area is 94.7 Å². The van der Waals surface area contributed by atoms with Crippen LogP contribution in [0.5, 0.6) is 0 Å². The summed E-state index contributed by atoms with van der Waals surface area (Å²) in [5, 5.41) is 0. The largest absolute Gasteiger partial charge is 0.495 e. The maximum Gasteiger partial charge on any atom is 0.338 e. The molecule has 1 unspecified atom stereocenters. The lowest BCUT2D eigenvalue weighted by Crippen LogP contribution is -2.21. The summed E-state index contributed by atoms with van der Waals surface area (Å²) in [5.74, 6) is -0.293. The van der Waals surface area contributed by atoms with Gasteiger partial charge in [-0.3, -0.25) is 0 Å². The molecule has 2 rings (SSSR count). The number of rotatable bonds is 3. The van der Waals surface area contributed by atoms with E-state index in [2.05, 4.69) is 0 Å². The van der Waals surface area contributed by atoms with Gasteiger partial charge in [0.15, 0.2) is 0 Å². The van der Waals surface area contributed by atoms with Crippen molar-refractivity contribution >= 4 is 5.97 Å². The number of esters is 1. The first-order chi connectivity index (χ1) is 7.86. The highest BCUT2D eigenvalue weighted by Crippen LogP contribution is 2.11. The molecule has 0 fully saturated rings. The Balaban J connectivity index is 1.82. The van der Waals surface area contributed by atoms with Gasteiger partial charge in [0, 0.05) is 0 Å². The van der Waals surface area contributed by atoms with E-state index in [4.69, 9.17) is 9.47 Å². The Morgan fingerprint density at radius 3 is 2.88 bits per heavy atom. The van der Waals surface area contributed by atoms with Crippen molar-refractivity contribution in [2.24, 2.45) is 0 Å². The summed E-state index contributed by atoms with van der Waals surface area (Å²) < 4.78 is 10.5. The summed E-state index contributed by atoms with van der Waals surface area (Å²) in [5.41, 5.74) is 0.578. The molecule has 3 heteroatoms. The van der Waals surface area contributed by atoms with E-state index in [0.29, 0.717) is 12.2 Å². The molecule has 1 aromatic rings. The van der Waals surface area contributed by atoms with Crippen molar-refractivity contribution in [1.82, 2.24) is 0 Å². The zero-order chi connectivity index (χ0) is 11.2. The lowest BCUT2D eigenvalue weighted by Gasteiger charge is -2.18. The van der Waals surface area contributed by atoms with Gasteiger partial charge in [-0.1, -0.05) is 18.2 Å². The van der Waals surface area contributed by atoms with E-state index >= 15 is 0 Å². The van der Waals surface area contributed by atoms with Crippen molar-refractivity contribution in [2.45, 2.75) is 18.9 Å². The Bertz CT molecular complexity index is 370. The van der Waals surface area contributed by atoms with Gasteiger partial charge in [0.2, 0.25) is 0 Å². The molecule has 0 saturated heterocycles. The van der Waals surface area contributed by atoms with Crippen molar-refractivity contribution < 1.29 is 14.3 Å². The molecule has 1 aliphatic rings. The first-order valence-electron chi connectivity index (χ1n) is 5.39. The van der Waals surface area contributed by atoms with E-state index in [1.165, 1.54) is 0 Å². The fraction of sp³-hybridized carbons (Fsp3) is 0.308. The fourth-order valence-electron chi connectivity index (χ4n) is 1.53. The molecule has 0 aliphatic carbocycles. The standard InChI is InChI=1S/C13H14O3/c14-13(11-6-2-1-3-7-11)16-10-12-8-4-5-9-15-12/h1-3,5-7,9,12H,4,8,10H2. The third-order valence-electron chi connectivity index (χ3n) is 2.43. The molecule has 0 saturated carbocycles. The number of carbonyl (C=O) groups excluding carboxylic acids is 1. The smallest absolute Gasteiger partial charge is 0.338 e. The minimum atomic E-state index is -0.293. The van der Waals surface area contributed by atoms with Crippen LogP contribution in [0.3, 0.4) is 0 Å². The summed E-state index contributed by atoms with van der Waals surface area (Å²) in [6.45, 7) is 0.318. The molecule has 0 aromatic heterocycles. The predicted molar refractivity (Wildman–Crippen MR) is 60.0 cm³/mol. The molecular weight excluding hydrogens is 204 g/mol. The zero-order valence-corrected chi connectivity index (χ0v) is 8.96. The second-order valence-corrected chi connectivity index (χ2v) is 3.67. The van der Waals surface area contributed by atoms with Crippen LogP contribution in [0.15, 0.2) is 42.7 Å². The number of hydrogen-bond acceptors (Lipinski definition) is 3. The number of hydrogen-bond donors (Lipinski definition) is 0. The summed E-state index contributed by atoms with van der Waals surface area (Å²) in [4.78, 5) is 11.6. The van der Waals surface area contributed by atoms with E-state index in [1.54, 1.807) is 18.4 Å². The molecular formula is C13H14O3. The van der Waals surface area contributed by atoms with Gasteiger partial charge in [-0.25, -0.2) is 4.79 Å². The predicted octanol–water partition coefficient (Wildman–Crippen LogP) is 2.54. The van der Waals surface area contributed by atoms with Crippen molar-refractivity contribution in [3.05, 3.63) is 48.2 Å². The lowest BCUT2D eigenvalue weighted by molar-refractivity contribution is 0.0165. The average molecular weight is 218 g/mol. The molecule has 0 N–H and O–H groups in total. The normalized spacial score (nSPS) is 18.9. The first kappa shape index (κ1) is 10.7. The van der Waals surface area contributed by atoms with Gasteiger partial charge in [-0.15, -0.1) is 0 Å². The highest BCUT2D eigenvalue weighted by molar-refractivity contribution is 5.89. The maximum atomic E-state index is 11.6. The van der Waals surface area contributed by atoms with Crippen molar-refractivity contribution in [3.8, 4) is 0 Å². The highest BCUT2D eigenvalue weighted by atomic mass is 16.6. The molecule has 84 valence electrons. The third kappa shape index (κ3) is 2.86. The highest BCUT2D eigenvalue weighted by Gasteiger charge is 2.14. The topological polar surface area (TPSA) is 35.5 Å². The molecule has 0 bridgehead atoms. The van der Waals surface area contributed by atoms with Crippen molar-refractivity contribution in [1.29, 1.82) is 0 Å². The van der Waals surface area contributed by atoms with Gasteiger partial charge in [-0.05, 0) is 31.1 Å². The first-order valence-corrected chi connectivity index (χ1v) is 5.39. The minimum Gasteiger partial charge on any atom is -0.495 e. The zero-order valence-electron chi connectivity index (χ0n) is 8.96. The molecule has 0 radical (unpaired) electrons. The number of carbonyl (C=O) groups is 1. The van der Waals surface area contributed by atoms with Crippen LogP contribution in [0.25, 0.3) is 0 Å². The van der Waals surface area contributed by atoms with E-state index in [1.807, 2.05) is 24.3 Å². The summed E-state index contributed by atoms with van der Waals surface area (Å²) in [6, 6.07) is 8.98. The number of benzene rings is 1. The summed E-state index contributed by atoms with van der Waals surface area (Å²) >= 11 is 0. The van der Waals surface area contributed by atoms with Crippen LogP contribution in [-0.4, -0.2) is 18.7 Å². The molecule has 1 aliphatic heterocycles. The lowest BCUT2D eigenvalue weighted by atomic mass is 10.2. The van der Waals surface area contributed by atoms with Gasteiger partial charge in [0.25, 0.3) is 0 Å². The maximum absolute atomic E-state index is 11.6. The van der Waals surface area contributed by atoms with E-state index < -0.39 is 0 Å². The average Bonchev–Trinajstić information content (AvgIpc) is 2.38. The van der Waals surface area contributed by atoms with Crippen molar-refractivity contribution in [2.75, 3.05) is 6.61 Å². The van der Waals surface area contributed by atoms with Gasteiger partial charge >= 0.3 is 5.97 Å². The molecule has 1 atom stereocenters. The van der Waals surface area contributed by atoms with Crippen LogP contribution in [-0.2, 0) is 9.47 Å². The Morgan fingerprint density at radius 2 is 2.19 bits per heavy atom. The van der Waals surface area contributed by atoms with Crippen LogP contribution in [0.1, 0.15) is 23.2 Å². The fourth-order valence-corrected chi connectivity index (χ4v) is 1.53. The molecule has 3 nitrogen and oxygen atoms in total. The van der Waals surface area contributed by atoms with Crippen molar-refractivity contribution in [3.63, 3.8) is 0 Å². The third-order valence-corrected chi connectivity index (χ3v) is 2.43. The van der Waals surface area contributed by atoms with E-state index in [0.717, 1.165) is 12.8 Å². The Morgan fingerprint density at radius 1 is 1.38 bits per heavy atom. The van der Waals surface area contributed by atoms with Crippen LogP contribution in [0.2, 0.25) is 0 Å². The molecule has 1 aromatic carbocycles. The second kappa shape index (κ2) is 5.35. The summed E-state index contributed by atoms with van der Waals surface area (Å²) in [6.07, 6.45) is 5.52. The van der Waals surface area contributed by atoms with Gasteiger partial charge in [0.1, 0.15) is 12.7 Å². The Hall–Kier alpha value is -1.77. The SMILES string of the molecule is O=C(OCC1CCC=CO1)c1ccccc1. The second-order valence-electron chi connectivity index (χ2n) is 3.67. The van der Waals surface area contributed by atoms with Crippen LogP contribution in [0, 0.1) is 0 Å². The van der Waals surface area contributed by atoms with Crippen LogP contribution in [0.4, 0.5) is 0 Å². The summed E-state index contributed by atoms with van der Waals surface area (Å²) in [7, 11) is 0. The number of allylic oxidation sites excluding steroid dienone is 1. The number of ether oxygens (including phenoxy) is 2. The molecule has 16 heavy (non-hydrogen) atoms. The minimum absolute atomic E-state index is 0.00216. The monoisotopic (exact) mass is 218 g/mol. The Kier molecular flexibility index (Phi) is 3.59. The quantitative estimate of drug-likeness (QED) is 0.731. The molecule has 0 spiro atoms. The van der Waals surface area contributed by atoms with Gasteiger partial charge < -0.3 is 9.47 Å². The van der Waals surface area contributed by atoms with Crippen LogP contribution < -0.4 is 0 Å². The molecule has 0 amide bonds. The van der Waals surface area contributed by atoms with E-state index in [9.17, 15) is 4.79 Å². The van der Waals surface area contributed by atoms with E-state index in [-0.39, 0.29) is 12.1 Å². The van der Waals surface area contributed by atoms with Crippen LogP contribution >= 0.6 is 0 Å². The van der Waals surface area contributed by atoms with Gasteiger partial charge in [-0.2, -0.15) is 0 Å². The van der Waals surface area contributed by atoms with Gasteiger partial charge in [0.05, 0.1) is 11.8 Å².